The largest absolute Gasteiger partial charge is 0.396 e. The van der Waals surface area contributed by atoms with E-state index in [0.717, 1.165) is 25.7 Å². The molecular formula is C11H20O2. The first-order valence-electron chi connectivity index (χ1n) is 5.10. The quantitative estimate of drug-likeness (QED) is 0.390. The zero-order valence-electron chi connectivity index (χ0n) is 8.62. The van der Waals surface area contributed by atoms with E-state index in [4.69, 9.17) is 9.84 Å². The Kier molecular flexibility index (Phi) is 3.94. The molecule has 1 aliphatic heterocycles. The summed E-state index contributed by atoms with van der Waals surface area (Å²) in [5, 5.41) is 8.54. The lowest BCUT2D eigenvalue weighted by molar-refractivity contribution is 0.289. The lowest BCUT2D eigenvalue weighted by Crippen LogP contribution is -2.01. The minimum atomic E-state index is 0.138. The van der Waals surface area contributed by atoms with Crippen LogP contribution in [-0.4, -0.2) is 23.4 Å². The third kappa shape index (κ3) is 3.92. The number of allylic oxidation sites excluding steroid dienone is 2. The number of epoxide rings is 1. The van der Waals surface area contributed by atoms with Gasteiger partial charge in [0.15, 0.2) is 0 Å². The molecule has 0 aromatic heterocycles. The SMILES string of the molecule is CC1(C)OC1CC/C=C/CCCO. The minimum Gasteiger partial charge on any atom is -0.396 e. The summed E-state index contributed by atoms with van der Waals surface area (Å²) in [6.07, 6.45) is 8.89. The van der Waals surface area contributed by atoms with E-state index in [9.17, 15) is 0 Å². The third-order valence-electron chi connectivity index (χ3n) is 2.46. The summed E-state index contributed by atoms with van der Waals surface area (Å²) in [6.45, 7) is 4.56. The third-order valence-corrected chi connectivity index (χ3v) is 2.46. The lowest BCUT2D eigenvalue weighted by atomic mass is 10.1. The molecule has 0 aliphatic carbocycles. The molecule has 1 rings (SSSR count). The Balaban J connectivity index is 1.93. The lowest BCUT2D eigenvalue weighted by Gasteiger charge is -1.93. The second-order valence-corrected chi connectivity index (χ2v) is 4.12. The molecule has 0 radical (unpaired) electrons. The first-order valence-corrected chi connectivity index (χ1v) is 5.10. The number of rotatable bonds is 6. The van der Waals surface area contributed by atoms with Crippen LogP contribution in [0.25, 0.3) is 0 Å². The zero-order chi connectivity index (χ0) is 9.73. The first-order chi connectivity index (χ1) is 6.17. The molecule has 0 aromatic carbocycles. The average Bonchev–Trinajstić information content (AvgIpc) is 2.67. The van der Waals surface area contributed by atoms with E-state index in [1.165, 1.54) is 0 Å². The number of unbranched alkanes of at least 4 members (excludes halogenated alkanes) is 1. The van der Waals surface area contributed by atoms with Crippen LogP contribution in [0.15, 0.2) is 12.2 Å². The van der Waals surface area contributed by atoms with Gasteiger partial charge >= 0.3 is 0 Å². The van der Waals surface area contributed by atoms with E-state index in [-0.39, 0.29) is 5.60 Å². The molecule has 1 atom stereocenters. The van der Waals surface area contributed by atoms with Crippen LogP contribution in [0.2, 0.25) is 0 Å². The van der Waals surface area contributed by atoms with Crippen molar-refractivity contribution in [3.63, 3.8) is 0 Å². The van der Waals surface area contributed by atoms with Gasteiger partial charge in [0, 0.05) is 6.61 Å². The molecule has 1 heterocycles. The summed E-state index contributed by atoms with van der Waals surface area (Å²) >= 11 is 0. The summed E-state index contributed by atoms with van der Waals surface area (Å²) in [4.78, 5) is 0. The first kappa shape index (κ1) is 10.7. The van der Waals surface area contributed by atoms with Crippen LogP contribution in [-0.2, 0) is 4.74 Å². The van der Waals surface area contributed by atoms with E-state index < -0.39 is 0 Å². The van der Waals surface area contributed by atoms with Crippen LogP contribution in [0.1, 0.15) is 39.5 Å². The van der Waals surface area contributed by atoms with Crippen molar-refractivity contribution < 1.29 is 9.84 Å². The monoisotopic (exact) mass is 184 g/mol. The second kappa shape index (κ2) is 4.77. The van der Waals surface area contributed by atoms with Crippen LogP contribution in [0.3, 0.4) is 0 Å². The minimum absolute atomic E-state index is 0.138. The molecule has 1 saturated heterocycles. The van der Waals surface area contributed by atoms with Gasteiger partial charge in [0.1, 0.15) is 0 Å². The summed E-state index contributed by atoms with van der Waals surface area (Å²) in [6, 6.07) is 0. The van der Waals surface area contributed by atoms with Crippen LogP contribution < -0.4 is 0 Å². The van der Waals surface area contributed by atoms with Gasteiger partial charge in [0.25, 0.3) is 0 Å². The number of aliphatic hydroxyl groups is 1. The highest BCUT2D eigenvalue weighted by Crippen LogP contribution is 2.38. The Morgan fingerprint density at radius 2 is 1.92 bits per heavy atom. The van der Waals surface area contributed by atoms with Crippen molar-refractivity contribution >= 4 is 0 Å². The molecular weight excluding hydrogens is 164 g/mol. The van der Waals surface area contributed by atoms with Crippen molar-refractivity contribution in [2.45, 2.75) is 51.2 Å². The number of hydrogen-bond acceptors (Lipinski definition) is 2. The Morgan fingerprint density at radius 1 is 1.31 bits per heavy atom. The highest BCUT2D eigenvalue weighted by molar-refractivity contribution is 4.96. The Bertz CT molecular complexity index is 173. The van der Waals surface area contributed by atoms with Gasteiger partial charge in [0.2, 0.25) is 0 Å². The molecule has 1 fully saturated rings. The van der Waals surface area contributed by atoms with Gasteiger partial charge in [-0.2, -0.15) is 0 Å². The maximum absolute atomic E-state index is 8.54. The van der Waals surface area contributed by atoms with Gasteiger partial charge in [0.05, 0.1) is 11.7 Å². The fourth-order valence-corrected chi connectivity index (χ4v) is 1.43. The van der Waals surface area contributed by atoms with Crippen molar-refractivity contribution in [3.05, 3.63) is 12.2 Å². The second-order valence-electron chi connectivity index (χ2n) is 4.12. The smallest absolute Gasteiger partial charge is 0.0892 e. The predicted molar refractivity (Wildman–Crippen MR) is 53.6 cm³/mol. The standard InChI is InChI=1S/C11H20O2/c1-11(2)10(13-11)8-6-4-3-5-7-9-12/h3-4,10,12H,5-9H2,1-2H3/b4-3+. The molecule has 2 heteroatoms. The molecule has 13 heavy (non-hydrogen) atoms. The van der Waals surface area contributed by atoms with Crippen molar-refractivity contribution in [1.29, 1.82) is 0 Å². The van der Waals surface area contributed by atoms with Crippen molar-refractivity contribution in [2.24, 2.45) is 0 Å². The van der Waals surface area contributed by atoms with Crippen LogP contribution in [0.4, 0.5) is 0 Å². The molecule has 0 amide bonds. The molecule has 1 aliphatic rings. The number of hydrogen-bond donors (Lipinski definition) is 1. The Morgan fingerprint density at radius 3 is 2.46 bits per heavy atom. The van der Waals surface area contributed by atoms with Gasteiger partial charge in [-0.3, -0.25) is 0 Å². The van der Waals surface area contributed by atoms with Gasteiger partial charge in [-0.25, -0.2) is 0 Å². The Hall–Kier alpha value is -0.340. The average molecular weight is 184 g/mol. The van der Waals surface area contributed by atoms with Gasteiger partial charge in [-0.1, -0.05) is 12.2 Å². The predicted octanol–water partition coefficient (Wildman–Crippen LogP) is 2.27. The van der Waals surface area contributed by atoms with Crippen LogP contribution in [0.5, 0.6) is 0 Å². The fourth-order valence-electron chi connectivity index (χ4n) is 1.43. The van der Waals surface area contributed by atoms with Gasteiger partial charge in [-0.05, 0) is 39.5 Å². The maximum atomic E-state index is 8.54. The summed E-state index contributed by atoms with van der Waals surface area (Å²) < 4.78 is 5.46. The molecule has 1 N–H and O–H groups in total. The zero-order valence-corrected chi connectivity index (χ0v) is 8.62. The Labute approximate surface area is 80.6 Å². The molecule has 1 unspecified atom stereocenters. The molecule has 0 aromatic rings. The maximum Gasteiger partial charge on any atom is 0.0892 e. The molecule has 0 spiro atoms. The van der Waals surface area contributed by atoms with Crippen molar-refractivity contribution in [3.8, 4) is 0 Å². The van der Waals surface area contributed by atoms with Crippen molar-refractivity contribution in [1.82, 2.24) is 0 Å². The van der Waals surface area contributed by atoms with Gasteiger partial charge in [-0.15, -0.1) is 0 Å². The van der Waals surface area contributed by atoms with Crippen LogP contribution >= 0.6 is 0 Å². The van der Waals surface area contributed by atoms with E-state index in [0.29, 0.717) is 12.7 Å². The van der Waals surface area contributed by atoms with Crippen LogP contribution in [0, 0.1) is 0 Å². The topological polar surface area (TPSA) is 32.8 Å². The van der Waals surface area contributed by atoms with E-state index in [1.807, 2.05) is 0 Å². The highest BCUT2D eigenvalue weighted by Gasteiger charge is 2.46. The molecule has 0 saturated carbocycles. The van der Waals surface area contributed by atoms with E-state index >= 15 is 0 Å². The van der Waals surface area contributed by atoms with Gasteiger partial charge < -0.3 is 9.84 Å². The normalized spacial score (nSPS) is 25.3. The molecule has 2 nitrogen and oxygen atoms in total. The molecule has 76 valence electrons. The summed E-state index contributed by atoms with van der Waals surface area (Å²) in [7, 11) is 0. The van der Waals surface area contributed by atoms with E-state index in [1.54, 1.807) is 0 Å². The van der Waals surface area contributed by atoms with Crippen molar-refractivity contribution in [2.75, 3.05) is 6.61 Å². The number of aliphatic hydroxyl groups excluding tert-OH is 1. The van der Waals surface area contributed by atoms with E-state index in [2.05, 4.69) is 26.0 Å². The summed E-state index contributed by atoms with van der Waals surface area (Å²) in [5.41, 5.74) is 0.138. The molecule has 0 bridgehead atoms. The fraction of sp³-hybridized carbons (Fsp3) is 0.818. The summed E-state index contributed by atoms with van der Waals surface area (Å²) in [5.74, 6) is 0. The highest BCUT2D eigenvalue weighted by atomic mass is 16.6. The number of ether oxygens (including phenoxy) is 1.